The van der Waals surface area contributed by atoms with Crippen LogP contribution in [-0.4, -0.2) is 17.9 Å². The van der Waals surface area contributed by atoms with E-state index >= 15 is 0 Å². The summed E-state index contributed by atoms with van der Waals surface area (Å²) in [4.78, 5) is -1.66. The molecule has 150 valence electrons. The topological polar surface area (TPSA) is 63.6 Å². The molecular formula is C21H36O4S. The molecule has 0 amide bonds. The Balaban J connectivity index is 3.04. The van der Waals surface area contributed by atoms with E-state index in [-0.39, 0.29) is 0 Å². The zero-order chi connectivity index (χ0) is 19.6. The lowest BCUT2D eigenvalue weighted by molar-refractivity contribution is 0.175. The molecule has 1 rings (SSSR count). The summed E-state index contributed by atoms with van der Waals surface area (Å²) in [5.41, 5.74) is 2.07. The first-order valence-corrected chi connectivity index (χ1v) is 11.4. The summed E-state index contributed by atoms with van der Waals surface area (Å²) in [5, 5.41) is 0. The van der Waals surface area contributed by atoms with E-state index in [1.54, 1.807) is 0 Å². The Bertz CT molecular complexity index is 605. The second kappa shape index (κ2) is 10.9. The van der Waals surface area contributed by atoms with Crippen molar-refractivity contribution >= 4 is 10.1 Å². The van der Waals surface area contributed by atoms with Gasteiger partial charge < -0.3 is 4.74 Å². The Kier molecular flexibility index (Phi) is 9.66. The van der Waals surface area contributed by atoms with Gasteiger partial charge in [0.25, 0.3) is 0 Å². The Hall–Kier alpha value is -1.07. The van der Waals surface area contributed by atoms with Gasteiger partial charge in [0.15, 0.2) is 0 Å². The molecule has 1 N–H and O–H groups in total. The van der Waals surface area contributed by atoms with E-state index in [1.165, 1.54) is 39.5 Å². The molecule has 0 aromatic heterocycles. The van der Waals surface area contributed by atoms with Crippen molar-refractivity contribution in [1.29, 1.82) is 0 Å². The third-order valence-corrected chi connectivity index (χ3v) is 6.07. The molecule has 0 atom stereocenters. The van der Waals surface area contributed by atoms with E-state index in [0.717, 1.165) is 49.7 Å². The highest BCUT2D eigenvalue weighted by molar-refractivity contribution is 7.87. The van der Waals surface area contributed by atoms with Crippen molar-refractivity contribution in [3.63, 3.8) is 0 Å². The molecule has 0 aliphatic heterocycles. The zero-order valence-corrected chi connectivity index (χ0v) is 17.7. The summed E-state index contributed by atoms with van der Waals surface area (Å²) in [7, 11) is -4.31. The van der Waals surface area contributed by atoms with E-state index in [1.807, 2.05) is 18.2 Å². The van der Waals surface area contributed by atoms with Crippen LogP contribution in [0.4, 0.5) is 0 Å². The lowest BCUT2D eigenvalue weighted by Crippen LogP contribution is -2.38. The van der Waals surface area contributed by atoms with Gasteiger partial charge in [-0.2, -0.15) is 8.42 Å². The van der Waals surface area contributed by atoms with Crippen LogP contribution in [0.1, 0.15) is 90.2 Å². The minimum Gasteiger partial charge on any atom is -0.469 e. The highest BCUT2D eigenvalue weighted by atomic mass is 32.2. The summed E-state index contributed by atoms with van der Waals surface area (Å²) in [6.45, 7) is 7.16. The average molecular weight is 385 g/mol. The lowest BCUT2D eigenvalue weighted by atomic mass is 9.98. The van der Waals surface area contributed by atoms with Crippen molar-refractivity contribution in [2.45, 2.75) is 96.8 Å². The average Bonchev–Trinajstić information content (AvgIpc) is 2.56. The van der Waals surface area contributed by atoms with Crippen LogP contribution in [0.3, 0.4) is 0 Å². The van der Waals surface area contributed by atoms with Gasteiger partial charge in [0.2, 0.25) is 4.93 Å². The second-order valence-corrected chi connectivity index (χ2v) is 9.44. The molecule has 0 saturated carbocycles. The summed E-state index contributed by atoms with van der Waals surface area (Å²) in [6.07, 6.45) is 10.9. The first-order chi connectivity index (χ1) is 12.2. The normalized spacial score (nSPS) is 12.3. The Morgan fingerprint density at radius 1 is 0.885 bits per heavy atom. The van der Waals surface area contributed by atoms with Gasteiger partial charge in [0, 0.05) is 0 Å². The molecule has 0 bridgehead atoms. The molecule has 0 aliphatic carbocycles. The first-order valence-electron chi connectivity index (χ1n) is 9.99. The third kappa shape index (κ3) is 7.28. The van der Waals surface area contributed by atoms with Gasteiger partial charge in [-0.05, 0) is 50.7 Å². The Morgan fingerprint density at radius 2 is 1.35 bits per heavy atom. The fourth-order valence-corrected chi connectivity index (χ4v) is 3.13. The molecule has 0 spiro atoms. The van der Waals surface area contributed by atoms with Crippen LogP contribution in [0.5, 0.6) is 5.75 Å². The fourth-order valence-electron chi connectivity index (χ4n) is 2.95. The molecular weight excluding hydrogens is 348 g/mol. The monoisotopic (exact) mass is 384 g/mol. The molecule has 1 aromatic rings. The molecule has 0 aliphatic rings. The number of rotatable bonds is 13. The Labute approximate surface area is 160 Å². The maximum Gasteiger partial charge on any atom is 0.305 e. The summed E-state index contributed by atoms with van der Waals surface area (Å²) >= 11 is 0. The van der Waals surface area contributed by atoms with Crippen LogP contribution in [-0.2, 0) is 23.0 Å². The van der Waals surface area contributed by atoms with Gasteiger partial charge in [0.05, 0.1) is 0 Å². The van der Waals surface area contributed by atoms with E-state index < -0.39 is 15.1 Å². The molecule has 0 radical (unpaired) electrons. The number of para-hydroxylation sites is 1. The smallest absolute Gasteiger partial charge is 0.305 e. The van der Waals surface area contributed by atoms with Gasteiger partial charge in [0.1, 0.15) is 5.75 Å². The van der Waals surface area contributed by atoms with Gasteiger partial charge in [-0.3, -0.25) is 4.55 Å². The predicted molar refractivity (Wildman–Crippen MR) is 108 cm³/mol. The van der Waals surface area contributed by atoms with Gasteiger partial charge in [-0.25, -0.2) is 0 Å². The number of benzene rings is 1. The number of unbranched alkanes of at least 4 members (excludes halogenated alkanes) is 6. The molecule has 4 nitrogen and oxygen atoms in total. The molecule has 0 saturated heterocycles. The number of hydrogen-bond acceptors (Lipinski definition) is 3. The number of aryl methyl sites for hydroxylation is 2. The molecule has 1 aromatic carbocycles. The summed E-state index contributed by atoms with van der Waals surface area (Å²) in [5.74, 6) is 0.642. The SMILES string of the molecule is CCCCCCc1cccc(CCCCCC)c1OC(C)(C)S(=O)(=O)O. The van der Waals surface area contributed by atoms with Crippen molar-refractivity contribution in [2.75, 3.05) is 0 Å². The minimum absolute atomic E-state index is 0.642. The summed E-state index contributed by atoms with van der Waals surface area (Å²) < 4.78 is 38.9. The zero-order valence-electron chi connectivity index (χ0n) is 16.9. The third-order valence-electron chi connectivity index (χ3n) is 4.75. The van der Waals surface area contributed by atoms with Crippen molar-refractivity contribution in [2.24, 2.45) is 0 Å². The number of hydrogen-bond donors (Lipinski definition) is 1. The maximum absolute atomic E-state index is 11.7. The van der Waals surface area contributed by atoms with E-state index in [2.05, 4.69) is 13.8 Å². The lowest BCUT2D eigenvalue weighted by Gasteiger charge is -2.26. The van der Waals surface area contributed by atoms with Crippen molar-refractivity contribution in [1.82, 2.24) is 0 Å². The highest BCUT2D eigenvalue weighted by Gasteiger charge is 2.36. The second-order valence-electron chi connectivity index (χ2n) is 7.50. The van der Waals surface area contributed by atoms with Crippen LogP contribution in [0.25, 0.3) is 0 Å². The number of ether oxygens (including phenoxy) is 1. The van der Waals surface area contributed by atoms with Crippen molar-refractivity contribution in [3.05, 3.63) is 29.3 Å². The van der Waals surface area contributed by atoms with Crippen LogP contribution in [0, 0.1) is 0 Å². The molecule has 0 heterocycles. The van der Waals surface area contributed by atoms with Crippen LogP contribution >= 0.6 is 0 Å². The van der Waals surface area contributed by atoms with E-state index in [0.29, 0.717) is 5.75 Å². The molecule has 5 heteroatoms. The van der Waals surface area contributed by atoms with Crippen molar-refractivity contribution in [3.8, 4) is 5.75 Å². The maximum atomic E-state index is 11.7. The standard InChI is InChI=1S/C21H36O4S/c1-5-7-9-11-14-18-16-13-17-19(15-12-10-8-6-2)20(18)25-21(3,4)26(22,23)24/h13,16-17H,5-12,14-15H2,1-4H3,(H,22,23,24). The van der Waals surface area contributed by atoms with Crippen LogP contribution < -0.4 is 4.74 Å². The van der Waals surface area contributed by atoms with Crippen molar-refractivity contribution < 1.29 is 17.7 Å². The van der Waals surface area contributed by atoms with E-state index in [4.69, 9.17) is 4.74 Å². The Morgan fingerprint density at radius 3 is 1.73 bits per heavy atom. The quantitative estimate of drug-likeness (QED) is 0.338. The molecule has 0 unspecified atom stereocenters. The first kappa shape index (κ1) is 23.0. The fraction of sp³-hybridized carbons (Fsp3) is 0.714. The van der Waals surface area contributed by atoms with Crippen LogP contribution in [0.15, 0.2) is 18.2 Å². The summed E-state index contributed by atoms with van der Waals surface area (Å²) in [6, 6.07) is 6.05. The largest absolute Gasteiger partial charge is 0.469 e. The highest BCUT2D eigenvalue weighted by Crippen LogP contribution is 2.32. The van der Waals surface area contributed by atoms with Crippen LogP contribution in [0.2, 0.25) is 0 Å². The predicted octanol–water partition coefficient (Wildman–Crippen LogP) is 5.93. The van der Waals surface area contributed by atoms with Gasteiger partial charge in [-0.15, -0.1) is 0 Å². The van der Waals surface area contributed by atoms with E-state index in [9.17, 15) is 13.0 Å². The minimum atomic E-state index is -4.31. The molecule has 26 heavy (non-hydrogen) atoms. The molecule has 0 fully saturated rings. The van der Waals surface area contributed by atoms with Gasteiger partial charge >= 0.3 is 10.1 Å². The van der Waals surface area contributed by atoms with Gasteiger partial charge in [-0.1, -0.05) is 70.6 Å².